The van der Waals surface area contributed by atoms with E-state index in [0.29, 0.717) is 18.3 Å². The Balaban J connectivity index is 2.00. The number of carbonyl (C=O) groups is 2. The second-order valence-corrected chi connectivity index (χ2v) is 5.10. The summed E-state index contributed by atoms with van der Waals surface area (Å²) in [5.41, 5.74) is 0.837. The van der Waals surface area contributed by atoms with E-state index in [1.165, 1.54) is 16.2 Å². The van der Waals surface area contributed by atoms with Crippen LogP contribution in [0.5, 0.6) is 0 Å². The molecule has 1 aliphatic rings. The van der Waals surface area contributed by atoms with E-state index in [1.54, 1.807) is 0 Å². The molecule has 1 fully saturated rings. The zero-order valence-electron chi connectivity index (χ0n) is 10.5. The van der Waals surface area contributed by atoms with Crippen LogP contribution in [-0.2, 0) is 9.53 Å². The number of nitrogens with zero attached hydrogens (tertiary/aromatic N) is 2. The molecule has 1 aromatic heterocycles. The number of morpholine rings is 1. The van der Waals surface area contributed by atoms with Crippen molar-refractivity contribution in [1.82, 2.24) is 9.88 Å². The Bertz CT molecular complexity index is 476. The summed E-state index contributed by atoms with van der Waals surface area (Å²) in [4.78, 5) is 28.5. The van der Waals surface area contributed by atoms with E-state index in [0.717, 1.165) is 5.69 Å². The number of aromatic nitrogens is 1. The van der Waals surface area contributed by atoms with Gasteiger partial charge in [-0.05, 0) is 6.92 Å². The summed E-state index contributed by atoms with van der Waals surface area (Å²) >= 11 is 1.34. The third kappa shape index (κ3) is 3.65. The predicted octanol–water partition coefficient (Wildman–Crippen LogP) is 1.16. The molecular formula is C11H15N3O4S. The number of amides is 2. The maximum atomic E-state index is 12.1. The SMILES string of the molecule is Cc1csc(NC(=O)N2CCOCC2CC(=O)O)n1. The smallest absolute Gasteiger partial charge is 0.324 e. The van der Waals surface area contributed by atoms with E-state index < -0.39 is 12.0 Å². The summed E-state index contributed by atoms with van der Waals surface area (Å²) < 4.78 is 5.22. The van der Waals surface area contributed by atoms with Gasteiger partial charge in [-0.1, -0.05) is 0 Å². The van der Waals surface area contributed by atoms with Crippen LogP contribution < -0.4 is 5.32 Å². The van der Waals surface area contributed by atoms with Crippen LogP contribution in [0.4, 0.5) is 9.93 Å². The Morgan fingerprint density at radius 3 is 3.11 bits per heavy atom. The second kappa shape index (κ2) is 5.98. The molecule has 19 heavy (non-hydrogen) atoms. The average molecular weight is 285 g/mol. The van der Waals surface area contributed by atoms with Crippen molar-refractivity contribution in [3.63, 3.8) is 0 Å². The zero-order chi connectivity index (χ0) is 13.8. The van der Waals surface area contributed by atoms with Gasteiger partial charge in [-0.2, -0.15) is 0 Å². The lowest BCUT2D eigenvalue weighted by atomic mass is 10.1. The van der Waals surface area contributed by atoms with Crippen molar-refractivity contribution in [2.75, 3.05) is 25.1 Å². The molecule has 1 atom stereocenters. The molecule has 0 radical (unpaired) electrons. The second-order valence-electron chi connectivity index (χ2n) is 4.24. The molecule has 1 unspecified atom stereocenters. The van der Waals surface area contributed by atoms with Crippen LogP contribution in [0.1, 0.15) is 12.1 Å². The number of rotatable bonds is 3. The van der Waals surface area contributed by atoms with Gasteiger partial charge in [0.15, 0.2) is 5.13 Å². The van der Waals surface area contributed by atoms with E-state index in [4.69, 9.17) is 9.84 Å². The lowest BCUT2D eigenvalue weighted by Gasteiger charge is -2.34. The highest BCUT2D eigenvalue weighted by atomic mass is 32.1. The van der Waals surface area contributed by atoms with Crippen molar-refractivity contribution in [3.05, 3.63) is 11.1 Å². The third-order valence-corrected chi connectivity index (χ3v) is 3.61. The van der Waals surface area contributed by atoms with Crippen LogP contribution in [-0.4, -0.2) is 52.8 Å². The van der Waals surface area contributed by atoms with Crippen LogP contribution >= 0.6 is 11.3 Å². The number of carbonyl (C=O) groups excluding carboxylic acids is 1. The Kier molecular flexibility index (Phi) is 4.33. The summed E-state index contributed by atoms with van der Waals surface area (Å²) in [7, 11) is 0. The predicted molar refractivity (Wildman–Crippen MR) is 69.4 cm³/mol. The number of hydrogen-bond donors (Lipinski definition) is 2. The van der Waals surface area contributed by atoms with E-state index in [2.05, 4.69) is 10.3 Å². The number of aliphatic carboxylic acids is 1. The Morgan fingerprint density at radius 1 is 1.68 bits per heavy atom. The molecule has 1 saturated heterocycles. The van der Waals surface area contributed by atoms with Crippen molar-refractivity contribution in [2.45, 2.75) is 19.4 Å². The van der Waals surface area contributed by atoms with Crippen LogP contribution in [0.15, 0.2) is 5.38 Å². The molecule has 2 N–H and O–H groups in total. The number of nitrogens with one attached hydrogen (secondary N) is 1. The van der Waals surface area contributed by atoms with Crippen LogP contribution in [0.3, 0.4) is 0 Å². The number of urea groups is 1. The molecule has 2 amide bonds. The summed E-state index contributed by atoms with van der Waals surface area (Å²) in [6.45, 7) is 2.89. The fraction of sp³-hybridized carbons (Fsp3) is 0.545. The highest BCUT2D eigenvalue weighted by Gasteiger charge is 2.29. The molecule has 0 spiro atoms. The normalized spacial score (nSPS) is 19.2. The minimum Gasteiger partial charge on any atom is -0.481 e. The number of anilines is 1. The van der Waals surface area contributed by atoms with Crippen LogP contribution in [0.25, 0.3) is 0 Å². The first-order chi connectivity index (χ1) is 9.06. The summed E-state index contributed by atoms with van der Waals surface area (Å²) in [5.74, 6) is -0.946. The lowest BCUT2D eigenvalue weighted by molar-refractivity contribution is -0.139. The van der Waals surface area contributed by atoms with Crippen molar-refractivity contribution in [2.24, 2.45) is 0 Å². The minimum atomic E-state index is -0.946. The first-order valence-electron chi connectivity index (χ1n) is 5.85. The van der Waals surface area contributed by atoms with Gasteiger partial charge in [0.25, 0.3) is 0 Å². The Hall–Kier alpha value is -1.67. The summed E-state index contributed by atoms with van der Waals surface area (Å²) in [6, 6.07) is -0.767. The van der Waals surface area contributed by atoms with Gasteiger partial charge in [0.2, 0.25) is 0 Å². The number of hydrogen-bond acceptors (Lipinski definition) is 5. The number of carboxylic acid groups (broad SMARTS) is 1. The number of thiazole rings is 1. The van der Waals surface area contributed by atoms with Crippen molar-refractivity contribution in [3.8, 4) is 0 Å². The topological polar surface area (TPSA) is 91.8 Å². The molecule has 2 heterocycles. The van der Waals surface area contributed by atoms with Gasteiger partial charge in [0.1, 0.15) is 0 Å². The van der Waals surface area contributed by atoms with Gasteiger partial charge < -0.3 is 14.7 Å². The van der Waals surface area contributed by atoms with Crippen molar-refractivity contribution >= 4 is 28.5 Å². The van der Waals surface area contributed by atoms with Gasteiger partial charge in [-0.3, -0.25) is 10.1 Å². The van der Waals surface area contributed by atoms with Gasteiger partial charge in [-0.15, -0.1) is 11.3 Å². The van der Waals surface area contributed by atoms with Crippen molar-refractivity contribution in [1.29, 1.82) is 0 Å². The largest absolute Gasteiger partial charge is 0.481 e. The zero-order valence-corrected chi connectivity index (χ0v) is 11.3. The average Bonchev–Trinajstić information content (AvgIpc) is 2.74. The molecule has 1 aliphatic heterocycles. The van der Waals surface area contributed by atoms with Crippen molar-refractivity contribution < 1.29 is 19.4 Å². The van der Waals surface area contributed by atoms with Crippen LogP contribution in [0, 0.1) is 6.92 Å². The third-order valence-electron chi connectivity index (χ3n) is 2.73. The fourth-order valence-corrected chi connectivity index (χ4v) is 2.55. The highest BCUT2D eigenvalue weighted by Crippen LogP contribution is 2.17. The first kappa shape index (κ1) is 13.8. The quantitative estimate of drug-likeness (QED) is 0.869. The fourth-order valence-electron chi connectivity index (χ4n) is 1.87. The molecule has 0 saturated carbocycles. The molecular weight excluding hydrogens is 270 g/mol. The van der Waals surface area contributed by atoms with Gasteiger partial charge in [0.05, 0.1) is 31.4 Å². The number of aryl methyl sites for hydroxylation is 1. The molecule has 104 valence electrons. The summed E-state index contributed by atoms with van der Waals surface area (Å²) in [6.07, 6.45) is -0.121. The molecule has 0 aliphatic carbocycles. The minimum absolute atomic E-state index is 0.121. The maximum Gasteiger partial charge on any atom is 0.324 e. The van der Waals surface area contributed by atoms with E-state index in [1.807, 2.05) is 12.3 Å². The van der Waals surface area contributed by atoms with E-state index in [-0.39, 0.29) is 19.1 Å². The van der Waals surface area contributed by atoms with Gasteiger partial charge in [-0.25, -0.2) is 9.78 Å². The summed E-state index contributed by atoms with van der Waals surface area (Å²) in [5, 5.41) is 13.9. The van der Waals surface area contributed by atoms with Crippen LogP contribution in [0.2, 0.25) is 0 Å². The monoisotopic (exact) mass is 285 g/mol. The molecule has 0 bridgehead atoms. The van der Waals surface area contributed by atoms with Gasteiger partial charge >= 0.3 is 12.0 Å². The standard InChI is InChI=1S/C11H15N3O4S/c1-7-6-19-10(12-7)13-11(17)14-2-3-18-5-8(14)4-9(15)16/h6,8H,2-5H2,1H3,(H,15,16)(H,12,13,17). The van der Waals surface area contributed by atoms with Gasteiger partial charge in [0, 0.05) is 11.9 Å². The van der Waals surface area contributed by atoms with E-state index >= 15 is 0 Å². The molecule has 1 aromatic rings. The first-order valence-corrected chi connectivity index (χ1v) is 6.73. The highest BCUT2D eigenvalue weighted by molar-refractivity contribution is 7.13. The van der Waals surface area contributed by atoms with E-state index in [9.17, 15) is 9.59 Å². The molecule has 7 nitrogen and oxygen atoms in total. The molecule has 8 heteroatoms. The maximum absolute atomic E-state index is 12.1. The number of ether oxygens (including phenoxy) is 1. The molecule has 0 aromatic carbocycles. The lowest BCUT2D eigenvalue weighted by Crippen LogP contribution is -2.51. The number of carboxylic acids is 1. The Labute approximate surface area is 114 Å². The Morgan fingerprint density at radius 2 is 2.47 bits per heavy atom. The molecule has 2 rings (SSSR count).